The van der Waals surface area contributed by atoms with Gasteiger partial charge in [0.15, 0.2) is 11.0 Å². The first kappa shape index (κ1) is 29.5. The number of benzene rings is 1. The summed E-state index contributed by atoms with van der Waals surface area (Å²) in [6, 6.07) is 7.60. The van der Waals surface area contributed by atoms with E-state index in [4.69, 9.17) is 4.74 Å². The maximum Gasteiger partial charge on any atom is 0.243 e. The SMILES string of the molecule is C[C@@H](Sc1nnc(-c2cccc(S(=O)(=O)N3CCOCC3)c2)n1C1CCCCCC1)C(=O)N(C)C1CCCCC1. The van der Waals surface area contributed by atoms with Gasteiger partial charge in [0.25, 0.3) is 0 Å². The molecule has 2 aromatic rings. The Balaban J connectivity index is 1.44. The number of sulfonamides is 1. The highest BCUT2D eigenvalue weighted by molar-refractivity contribution is 8.00. The molecule has 0 bridgehead atoms. The van der Waals surface area contributed by atoms with Gasteiger partial charge >= 0.3 is 0 Å². The molecule has 1 saturated heterocycles. The number of amides is 1. The topological polar surface area (TPSA) is 97.6 Å². The van der Waals surface area contributed by atoms with Crippen molar-refractivity contribution in [3.05, 3.63) is 24.3 Å². The number of carbonyl (C=O) groups excluding carboxylic acids is 1. The Labute approximate surface area is 243 Å². The molecule has 2 aliphatic carbocycles. The zero-order valence-electron chi connectivity index (χ0n) is 23.8. The van der Waals surface area contributed by atoms with Crippen LogP contribution in [0.15, 0.2) is 34.3 Å². The van der Waals surface area contributed by atoms with E-state index in [1.807, 2.05) is 24.9 Å². The largest absolute Gasteiger partial charge is 0.379 e. The van der Waals surface area contributed by atoms with Gasteiger partial charge in [-0.1, -0.05) is 68.8 Å². The Hall–Kier alpha value is -1.95. The van der Waals surface area contributed by atoms with Crippen LogP contribution >= 0.6 is 11.8 Å². The first-order valence-electron chi connectivity index (χ1n) is 14.9. The van der Waals surface area contributed by atoms with E-state index in [1.54, 1.807) is 18.2 Å². The highest BCUT2D eigenvalue weighted by atomic mass is 32.2. The number of morpholine rings is 1. The summed E-state index contributed by atoms with van der Waals surface area (Å²) in [6.07, 6.45) is 12.5. The lowest BCUT2D eigenvalue weighted by atomic mass is 9.94. The zero-order chi connectivity index (χ0) is 28.1. The number of hydrogen-bond donors (Lipinski definition) is 0. The number of thioether (sulfide) groups is 1. The summed E-state index contributed by atoms with van der Waals surface area (Å²) in [5.74, 6) is 0.807. The van der Waals surface area contributed by atoms with Gasteiger partial charge in [-0.25, -0.2) is 8.42 Å². The molecule has 9 nitrogen and oxygen atoms in total. The van der Waals surface area contributed by atoms with E-state index < -0.39 is 10.0 Å². The summed E-state index contributed by atoms with van der Waals surface area (Å²) >= 11 is 1.48. The van der Waals surface area contributed by atoms with Crippen molar-refractivity contribution < 1.29 is 17.9 Å². The fourth-order valence-electron chi connectivity index (χ4n) is 6.27. The molecular weight excluding hydrogens is 546 g/mol. The molecule has 5 rings (SSSR count). The van der Waals surface area contributed by atoms with E-state index in [9.17, 15) is 13.2 Å². The van der Waals surface area contributed by atoms with E-state index in [-0.39, 0.29) is 22.1 Å². The molecule has 2 saturated carbocycles. The Kier molecular flexibility index (Phi) is 9.86. The van der Waals surface area contributed by atoms with Crippen LogP contribution in [0.5, 0.6) is 0 Å². The summed E-state index contributed by atoms with van der Waals surface area (Å²) in [5, 5.41) is 9.66. The molecule has 1 atom stereocenters. The molecule has 0 radical (unpaired) electrons. The molecular formula is C29H43N5O4S2. The van der Waals surface area contributed by atoms with Crippen LogP contribution in [0.25, 0.3) is 11.4 Å². The standard InChI is InChI=1S/C29H43N5O4S2/c1-22(28(35)32(2)24-12-8-5-9-13-24)39-29-31-30-27(34(29)25-14-6-3-4-7-15-25)23-11-10-16-26(21-23)40(36,37)33-17-19-38-20-18-33/h10-11,16,21-22,24-25H,3-9,12-15,17-20H2,1-2H3/t22-/m1/s1. The van der Waals surface area contributed by atoms with E-state index in [0.717, 1.165) is 49.2 Å². The lowest BCUT2D eigenvalue weighted by molar-refractivity contribution is -0.131. The third-order valence-electron chi connectivity index (χ3n) is 8.65. The second-order valence-electron chi connectivity index (χ2n) is 11.4. The summed E-state index contributed by atoms with van der Waals surface area (Å²) in [5.41, 5.74) is 0.733. The minimum Gasteiger partial charge on any atom is -0.379 e. The molecule has 40 heavy (non-hydrogen) atoms. The highest BCUT2D eigenvalue weighted by Crippen LogP contribution is 2.37. The lowest BCUT2D eigenvalue weighted by Crippen LogP contribution is -2.42. The van der Waals surface area contributed by atoms with E-state index >= 15 is 0 Å². The van der Waals surface area contributed by atoms with Gasteiger partial charge in [0, 0.05) is 37.8 Å². The Bertz CT molecular complexity index is 1250. The molecule has 11 heteroatoms. The van der Waals surface area contributed by atoms with Crippen molar-refractivity contribution in [3.8, 4) is 11.4 Å². The van der Waals surface area contributed by atoms with Gasteiger partial charge in [0.05, 0.1) is 23.4 Å². The quantitative estimate of drug-likeness (QED) is 0.311. The second-order valence-corrected chi connectivity index (χ2v) is 14.6. The average molecular weight is 590 g/mol. The van der Waals surface area contributed by atoms with Crippen LogP contribution in [0.3, 0.4) is 0 Å². The molecule has 0 unspecified atom stereocenters. The van der Waals surface area contributed by atoms with Crippen molar-refractivity contribution in [2.45, 2.75) is 105 Å². The summed E-state index contributed by atoms with van der Waals surface area (Å²) in [4.78, 5) is 15.6. The van der Waals surface area contributed by atoms with Crippen LogP contribution in [-0.4, -0.2) is 82.9 Å². The zero-order valence-corrected chi connectivity index (χ0v) is 25.5. The minimum absolute atomic E-state index is 0.132. The summed E-state index contributed by atoms with van der Waals surface area (Å²) < 4.78 is 35.9. The molecule has 220 valence electrons. The van der Waals surface area contributed by atoms with Crippen LogP contribution in [0, 0.1) is 0 Å². The fourth-order valence-corrected chi connectivity index (χ4v) is 8.75. The maximum atomic E-state index is 13.4. The Morgan fingerprint density at radius 1 is 1.00 bits per heavy atom. The predicted octanol–water partition coefficient (Wildman–Crippen LogP) is 5.13. The van der Waals surface area contributed by atoms with Crippen LogP contribution in [0.1, 0.15) is 83.6 Å². The minimum atomic E-state index is -3.64. The Morgan fingerprint density at radius 3 is 2.35 bits per heavy atom. The number of aromatic nitrogens is 3. The molecule has 3 fully saturated rings. The average Bonchev–Trinajstić information content (AvgIpc) is 3.21. The van der Waals surface area contributed by atoms with E-state index in [1.165, 1.54) is 48.2 Å². The molecule has 1 aromatic carbocycles. The monoisotopic (exact) mass is 589 g/mol. The van der Waals surface area contributed by atoms with Gasteiger partial charge in [-0.3, -0.25) is 9.36 Å². The van der Waals surface area contributed by atoms with Gasteiger partial charge in [0.2, 0.25) is 15.9 Å². The number of hydrogen-bond acceptors (Lipinski definition) is 7. The molecule has 2 heterocycles. The van der Waals surface area contributed by atoms with Crippen molar-refractivity contribution in [2.75, 3.05) is 33.4 Å². The van der Waals surface area contributed by atoms with Crippen LogP contribution in [0.4, 0.5) is 0 Å². The van der Waals surface area contributed by atoms with Gasteiger partial charge in [-0.05, 0) is 44.7 Å². The predicted molar refractivity (Wildman–Crippen MR) is 157 cm³/mol. The van der Waals surface area contributed by atoms with Gasteiger partial charge in [-0.2, -0.15) is 4.31 Å². The molecule has 0 spiro atoms. The lowest BCUT2D eigenvalue weighted by Gasteiger charge is -2.32. The summed E-state index contributed by atoms with van der Waals surface area (Å²) in [6.45, 7) is 3.48. The van der Waals surface area contributed by atoms with Crippen molar-refractivity contribution >= 4 is 27.7 Å². The second kappa shape index (κ2) is 13.4. The Morgan fingerprint density at radius 2 is 1.65 bits per heavy atom. The van der Waals surface area contributed by atoms with Crippen molar-refractivity contribution in [3.63, 3.8) is 0 Å². The van der Waals surface area contributed by atoms with Crippen LogP contribution < -0.4 is 0 Å². The smallest absolute Gasteiger partial charge is 0.243 e. The van der Waals surface area contributed by atoms with Crippen LogP contribution in [-0.2, 0) is 19.6 Å². The highest BCUT2D eigenvalue weighted by Gasteiger charge is 2.31. The summed E-state index contributed by atoms with van der Waals surface area (Å²) in [7, 11) is -1.70. The van der Waals surface area contributed by atoms with E-state index in [0.29, 0.717) is 38.2 Å². The van der Waals surface area contributed by atoms with E-state index in [2.05, 4.69) is 14.8 Å². The third kappa shape index (κ3) is 6.58. The van der Waals surface area contributed by atoms with Gasteiger partial charge in [0.1, 0.15) is 0 Å². The number of rotatable bonds is 8. The third-order valence-corrected chi connectivity index (χ3v) is 11.6. The molecule has 1 aromatic heterocycles. The number of carbonyl (C=O) groups is 1. The normalized spacial score (nSPS) is 21.1. The van der Waals surface area contributed by atoms with Gasteiger partial charge < -0.3 is 9.64 Å². The molecule has 0 N–H and O–H groups in total. The first-order chi connectivity index (χ1) is 19.4. The van der Waals surface area contributed by atoms with Crippen molar-refractivity contribution in [1.82, 2.24) is 24.0 Å². The molecule has 1 amide bonds. The molecule has 1 aliphatic heterocycles. The van der Waals surface area contributed by atoms with Crippen molar-refractivity contribution in [2.24, 2.45) is 0 Å². The van der Waals surface area contributed by atoms with Crippen LogP contribution in [0.2, 0.25) is 0 Å². The van der Waals surface area contributed by atoms with Gasteiger partial charge in [-0.15, -0.1) is 10.2 Å². The van der Waals surface area contributed by atoms with Crippen molar-refractivity contribution in [1.29, 1.82) is 0 Å². The first-order valence-corrected chi connectivity index (χ1v) is 17.2. The fraction of sp³-hybridized carbons (Fsp3) is 0.690. The number of ether oxygens (including phenoxy) is 1. The molecule has 3 aliphatic rings. The number of nitrogens with zero attached hydrogens (tertiary/aromatic N) is 5. The maximum absolute atomic E-state index is 13.4.